The molecule has 31 heavy (non-hydrogen) atoms. The molecule has 0 saturated heterocycles. The highest BCUT2D eigenvalue weighted by Gasteiger charge is 2.51. The molecule has 1 aliphatic carbocycles. The molecule has 164 valence electrons. The van der Waals surface area contributed by atoms with Gasteiger partial charge in [0.2, 0.25) is 5.91 Å². The Morgan fingerprint density at radius 3 is 2.16 bits per heavy atom. The van der Waals surface area contributed by atoms with E-state index >= 15 is 0 Å². The van der Waals surface area contributed by atoms with Crippen molar-refractivity contribution in [2.75, 3.05) is 6.54 Å². The number of hydrogen-bond donors (Lipinski definition) is 2. The van der Waals surface area contributed by atoms with Gasteiger partial charge < -0.3 is 15.5 Å². The summed E-state index contributed by atoms with van der Waals surface area (Å²) in [7, 11) is 0. The number of rotatable bonds is 8. The summed E-state index contributed by atoms with van der Waals surface area (Å²) in [5.41, 5.74) is 0.929. The van der Waals surface area contributed by atoms with E-state index in [1.165, 1.54) is 18.7 Å². The zero-order valence-electron chi connectivity index (χ0n) is 18.4. The largest absolute Gasteiger partial charge is 0.348 e. The van der Waals surface area contributed by atoms with Crippen LogP contribution < -0.4 is 10.6 Å². The predicted octanol–water partition coefficient (Wildman–Crippen LogP) is 2.49. The van der Waals surface area contributed by atoms with Crippen molar-refractivity contribution >= 4 is 17.7 Å². The number of aromatic nitrogens is 2. The molecule has 0 radical (unpaired) electrons. The molecule has 8 heteroatoms. The van der Waals surface area contributed by atoms with Crippen LogP contribution in [0.4, 0.5) is 0 Å². The maximum Gasteiger partial charge on any atom is 0.255 e. The van der Waals surface area contributed by atoms with E-state index in [1.807, 2.05) is 39.8 Å². The molecule has 0 unspecified atom stereocenters. The standard InChI is InChI=1S/C23H29N5O3/c1-5-28(15(2)3)21(30)18-8-6-17(7-9-18)16(4)26-22(31)23(10-11-23)27-20(29)19-12-24-14-25-13-19/h6-9,12-16H,5,10-11H2,1-4H3,(H,26,31)(H,27,29)/t16-/m1/s1. The highest BCUT2D eigenvalue weighted by Crippen LogP contribution is 2.36. The second kappa shape index (κ2) is 9.24. The van der Waals surface area contributed by atoms with Crippen LogP contribution in [-0.2, 0) is 4.79 Å². The van der Waals surface area contributed by atoms with Gasteiger partial charge in [-0.15, -0.1) is 0 Å². The van der Waals surface area contributed by atoms with Crippen molar-refractivity contribution in [1.29, 1.82) is 0 Å². The van der Waals surface area contributed by atoms with Crippen molar-refractivity contribution in [2.24, 2.45) is 0 Å². The molecule has 1 saturated carbocycles. The summed E-state index contributed by atoms with van der Waals surface area (Å²) < 4.78 is 0. The number of nitrogens with one attached hydrogen (secondary N) is 2. The Bertz CT molecular complexity index is 939. The van der Waals surface area contributed by atoms with Gasteiger partial charge in [-0.1, -0.05) is 12.1 Å². The Kier molecular flexibility index (Phi) is 6.68. The van der Waals surface area contributed by atoms with Crippen molar-refractivity contribution < 1.29 is 14.4 Å². The summed E-state index contributed by atoms with van der Waals surface area (Å²) in [6, 6.07) is 7.14. The zero-order chi connectivity index (χ0) is 22.6. The monoisotopic (exact) mass is 423 g/mol. The zero-order valence-corrected chi connectivity index (χ0v) is 18.4. The van der Waals surface area contributed by atoms with Crippen molar-refractivity contribution in [3.63, 3.8) is 0 Å². The van der Waals surface area contributed by atoms with Gasteiger partial charge >= 0.3 is 0 Å². The van der Waals surface area contributed by atoms with Gasteiger partial charge in [-0.3, -0.25) is 14.4 Å². The Hall–Kier alpha value is -3.29. The molecular formula is C23H29N5O3. The molecule has 0 spiro atoms. The van der Waals surface area contributed by atoms with E-state index in [1.54, 1.807) is 17.0 Å². The van der Waals surface area contributed by atoms with Gasteiger partial charge in [-0.25, -0.2) is 9.97 Å². The molecule has 3 amide bonds. The summed E-state index contributed by atoms with van der Waals surface area (Å²) in [6.07, 6.45) is 5.35. The normalized spacial score (nSPS) is 15.1. The Labute approximate surface area is 182 Å². The summed E-state index contributed by atoms with van der Waals surface area (Å²) in [6.45, 7) is 8.47. The number of benzene rings is 1. The molecule has 0 aliphatic heterocycles. The molecule has 0 bridgehead atoms. The first-order chi connectivity index (χ1) is 14.8. The Morgan fingerprint density at radius 1 is 1.03 bits per heavy atom. The number of nitrogens with zero attached hydrogens (tertiary/aromatic N) is 3. The molecule has 1 heterocycles. The maximum absolute atomic E-state index is 12.8. The van der Waals surface area contributed by atoms with Crippen LogP contribution in [0.15, 0.2) is 43.0 Å². The quantitative estimate of drug-likeness (QED) is 0.679. The molecule has 1 aliphatic rings. The Balaban J connectivity index is 1.62. The van der Waals surface area contributed by atoms with Crippen LogP contribution in [0, 0.1) is 0 Å². The molecule has 1 atom stereocenters. The molecule has 8 nitrogen and oxygen atoms in total. The summed E-state index contributed by atoms with van der Waals surface area (Å²) in [4.78, 5) is 47.3. The van der Waals surface area contributed by atoms with Crippen LogP contribution in [0.3, 0.4) is 0 Å². The number of carbonyl (C=O) groups is 3. The van der Waals surface area contributed by atoms with E-state index < -0.39 is 5.54 Å². The van der Waals surface area contributed by atoms with Gasteiger partial charge in [0.1, 0.15) is 11.9 Å². The molecular weight excluding hydrogens is 394 g/mol. The minimum Gasteiger partial charge on any atom is -0.348 e. The van der Waals surface area contributed by atoms with Gasteiger partial charge in [0.25, 0.3) is 11.8 Å². The summed E-state index contributed by atoms with van der Waals surface area (Å²) in [5.74, 6) is -0.595. The van der Waals surface area contributed by atoms with Gasteiger partial charge in [0.05, 0.1) is 11.6 Å². The van der Waals surface area contributed by atoms with Crippen LogP contribution in [0.1, 0.15) is 72.9 Å². The van der Waals surface area contributed by atoms with Crippen molar-refractivity contribution in [3.05, 3.63) is 59.7 Å². The van der Waals surface area contributed by atoms with E-state index in [4.69, 9.17) is 0 Å². The lowest BCUT2D eigenvalue weighted by Gasteiger charge is -2.25. The third-order valence-electron chi connectivity index (χ3n) is 5.59. The molecule has 1 aromatic carbocycles. The van der Waals surface area contributed by atoms with E-state index in [9.17, 15) is 14.4 Å². The number of hydrogen-bond acceptors (Lipinski definition) is 5. The lowest BCUT2D eigenvalue weighted by atomic mass is 10.0. The molecule has 2 N–H and O–H groups in total. The number of amides is 3. The van der Waals surface area contributed by atoms with Crippen LogP contribution in [0.25, 0.3) is 0 Å². The molecule has 1 fully saturated rings. The fourth-order valence-corrected chi connectivity index (χ4v) is 3.48. The average molecular weight is 424 g/mol. The van der Waals surface area contributed by atoms with Crippen LogP contribution in [-0.4, -0.2) is 50.7 Å². The molecule has 3 rings (SSSR count). The van der Waals surface area contributed by atoms with Crippen molar-refractivity contribution in [1.82, 2.24) is 25.5 Å². The van der Waals surface area contributed by atoms with E-state index in [-0.39, 0.29) is 29.8 Å². The first kappa shape index (κ1) is 22.4. The first-order valence-electron chi connectivity index (χ1n) is 10.6. The minimum atomic E-state index is -0.893. The van der Waals surface area contributed by atoms with Gasteiger partial charge in [0.15, 0.2) is 0 Å². The number of carbonyl (C=O) groups excluding carboxylic acids is 3. The van der Waals surface area contributed by atoms with Crippen LogP contribution in [0.5, 0.6) is 0 Å². The van der Waals surface area contributed by atoms with Gasteiger partial charge in [0, 0.05) is 30.5 Å². The van der Waals surface area contributed by atoms with E-state index in [2.05, 4.69) is 20.6 Å². The molecule has 2 aromatic rings. The van der Waals surface area contributed by atoms with Crippen LogP contribution >= 0.6 is 0 Å². The highest BCUT2D eigenvalue weighted by atomic mass is 16.2. The van der Waals surface area contributed by atoms with Crippen molar-refractivity contribution in [3.8, 4) is 0 Å². The third kappa shape index (κ3) is 5.07. The average Bonchev–Trinajstić information content (AvgIpc) is 3.55. The SMILES string of the molecule is CCN(C(=O)c1ccc([C@@H](C)NC(=O)C2(NC(=O)c3cncnc3)CC2)cc1)C(C)C. The van der Waals surface area contributed by atoms with Crippen LogP contribution in [0.2, 0.25) is 0 Å². The maximum atomic E-state index is 12.8. The minimum absolute atomic E-state index is 0.00900. The fraction of sp³-hybridized carbons (Fsp3) is 0.435. The summed E-state index contributed by atoms with van der Waals surface area (Å²) in [5, 5.41) is 5.79. The third-order valence-corrected chi connectivity index (χ3v) is 5.59. The smallest absolute Gasteiger partial charge is 0.255 e. The van der Waals surface area contributed by atoms with E-state index in [0.717, 1.165) is 5.56 Å². The Morgan fingerprint density at radius 2 is 1.65 bits per heavy atom. The van der Waals surface area contributed by atoms with Gasteiger partial charge in [-0.2, -0.15) is 0 Å². The lowest BCUT2D eigenvalue weighted by Crippen LogP contribution is -2.49. The topological polar surface area (TPSA) is 104 Å². The highest BCUT2D eigenvalue weighted by molar-refractivity contribution is 6.00. The van der Waals surface area contributed by atoms with E-state index in [0.29, 0.717) is 30.5 Å². The lowest BCUT2D eigenvalue weighted by molar-refractivity contribution is -0.124. The van der Waals surface area contributed by atoms with Gasteiger partial charge in [-0.05, 0) is 58.2 Å². The second-order valence-corrected chi connectivity index (χ2v) is 8.17. The van der Waals surface area contributed by atoms with Crippen molar-refractivity contribution in [2.45, 2.75) is 58.2 Å². The predicted molar refractivity (Wildman–Crippen MR) is 116 cm³/mol. The molecule has 1 aromatic heterocycles. The fourth-order valence-electron chi connectivity index (χ4n) is 3.48. The first-order valence-corrected chi connectivity index (χ1v) is 10.6. The second-order valence-electron chi connectivity index (χ2n) is 8.17. The summed E-state index contributed by atoms with van der Waals surface area (Å²) >= 11 is 0.